The number of aliphatic hydroxyl groups excluding tert-OH is 19. The van der Waals surface area contributed by atoms with Crippen molar-refractivity contribution < 1.29 is 159 Å². The SMILES string of the molecule is CC1OC(OC2C(O)COC(OC3C(C)OC(OC4C(OC(=O)C56CCC(C)(C)CC5C5=CCC7C8(C)CC(O)C(OC9OC(CO)C(O)C(OC%10OC(CO)C(O)C(O)C%10O)C9O)C(C)(CO)C8C(O)CC7(C)C5(C)CC6)OCC(O)C4O)C(O)C3O)C2O)C(O)C(O)C1O. The van der Waals surface area contributed by atoms with Gasteiger partial charge >= 0.3 is 5.97 Å². The zero-order valence-electron chi connectivity index (χ0n) is 55.2. The average Bonchev–Trinajstić information content (AvgIpc) is 0.669. The minimum absolute atomic E-state index is 0.00766. The average molecular weight is 1390 g/mol. The van der Waals surface area contributed by atoms with Gasteiger partial charge in [-0.3, -0.25) is 4.79 Å². The first-order valence-corrected chi connectivity index (χ1v) is 33.7. The second-order valence-electron chi connectivity index (χ2n) is 31.1. The van der Waals surface area contributed by atoms with Gasteiger partial charge in [-0.15, -0.1) is 0 Å². The smallest absolute Gasteiger partial charge is 0.315 e. The van der Waals surface area contributed by atoms with Gasteiger partial charge in [0, 0.05) is 11.3 Å². The molecule has 11 aliphatic rings. The number of rotatable bonds is 15. The van der Waals surface area contributed by atoms with E-state index in [-0.39, 0.29) is 30.6 Å². The fraction of sp³-hybridized carbons (Fsp3) is 0.953. The van der Waals surface area contributed by atoms with Gasteiger partial charge in [0.05, 0.1) is 69.0 Å². The van der Waals surface area contributed by atoms with E-state index in [9.17, 15) is 97.0 Å². The number of hydrogen-bond acceptors (Lipinski definition) is 32. The molecule has 0 bridgehead atoms. The fourth-order valence-corrected chi connectivity index (χ4v) is 19.2. The van der Waals surface area contributed by atoms with Crippen molar-refractivity contribution in [1.82, 2.24) is 0 Å². The second-order valence-corrected chi connectivity index (χ2v) is 31.1. The van der Waals surface area contributed by atoms with Crippen LogP contribution in [0.25, 0.3) is 0 Å². The Balaban J connectivity index is 0.793. The maximum Gasteiger partial charge on any atom is 0.315 e. The predicted octanol–water partition coefficient (Wildman–Crippen LogP) is -6.14. The van der Waals surface area contributed by atoms with Crippen molar-refractivity contribution in [2.24, 2.45) is 50.2 Å². The molecule has 0 spiro atoms. The van der Waals surface area contributed by atoms with Crippen LogP contribution < -0.4 is 0 Å². The molecule has 32 nitrogen and oxygen atoms in total. The van der Waals surface area contributed by atoms with Crippen molar-refractivity contribution in [2.75, 3.05) is 33.0 Å². The number of aliphatic hydroxyl groups is 19. The minimum atomic E-state index is -1.98. The lowest BCUT2D eigenvalue weighted by Gasteiger charge is -2.72. The van der Waals surface area contributed by atoms with Crippen LogP contribution >= 0.6 is 0 Å². The van der Waals surface area contributed by atoms with Gasteiger partial charge in [0.1, 0.15) is 116 Å². The summed E-state index contributed by atoms with van der Waals surface area (Å²) in [5.41, 5.74) is -4.38. The molecule has 0 aromatic carbocycles. The molecule has 11 rings (SSSR count). The molecule has 10 fully saturated rings. The van der Waals surface area contributed by atoms with E-state index in [2.05, 4.69) is 33.8 Å². The molecule has 0 radical (unpaired) electrons. The Labute approximate surface area is 555 Å². The highest BCUT2D eigenvalue weighted by Gasteiger charge is 2.74. The van der Waals surface area contributed by atoms with Crippen molar-refractivity contribution in [3.8, 4) is 0 Å². The molecule has 0 aromatic rings. The molecule has 39 atom stereocenters. The quantitative estimate of drug-likeness (QED) is 0.0412. The molecule has 4 saturated carbocycles. The van der Waals surface area contributed by atoms with E-state index in [4.69, 9.17) is 56.8 Å². The van der Waals surface area contributed by atoms with E-state index in [0.29, 0.717) is 32.1 Å². The lowest BCUT2D eigenvalue weighted by atomic mass is 9.33. The highest BCUT2D eigenvalue weighted by Crippen LogP contribution is 2.76. The molecule has 0 aromatic heterocycles. The zero-order valence-corrected chi connectivity index (χ0v) is 55.2. The van der Waals surface area contributed by atoms with Gasteiger partial charge in [-0.2, -0.15) is 0 Å². The largest absolute Gasteiger partial charge is 0.432 e. The Morgan fingerprint density at radius 1 is 0.479 bits per heavy atom. The van der Waals surface area contributed by atoms with Gasteiger partial charge in [-0.25, -0.2) is 0 Å². The van der Waals surface area contributed by atoms with E-state index < -0.39 is 268 Å². The maximum absolute atomic E-state index is 15.5. The molecular weight excluding hydrogens is 1280 g/mol. The molecule has 32 heteroatoms. The summed E-state index contributed by atoms with van der Waals surface area (Å²) >= 11 is 0. The summed E-state index contributed by atoms with van der Waals surface area (Å²) < 4.78 is 70.9. The third kappa shape index (κ3) is 12.6. The Hall–Kier alpha value is -1.99. The summed E-state index contributed by atoms with van der Waals surface area (Å²) in [6, 6.07) is 0. The number of allylic oxidation sites excluding steroid dienone is 2. The third-order valence-corrected chi connectivity index (χ3v) is 24.8. The molecule has 0 amide bonds. The molecule has 5 aliphatic carbocycles. The number of carbonyl (C=O) groups is 1. The van der Waals surface area contributed by atoms with Crippen LogP contribution in [0.2, 0.25) is 0 Å². The summed E-state index contributed by atoms with van der Waals surface area (Å²) in [4.78, 5) is 15.5. The van der Waals surface area contributed by atoms with Crippen molar-refractivity contribution in [3.63, 3.8) is 0 Å². The van der Waals surface area contributed by atoms with E-state index in [1.165, 1.54) is 13.8 Å². The third-order valence-electron chi connectivity index (χ3n) is 24.8. The molecular formula is C64H104O32. The number of fused-ring (bicyclic) bond motifs is 7. The standard InChI is InChI=1S/C64H104O32/c1-23-34(72)38(76)41(79)53(87-23)92-47-30(71)21-85-52(44(47)82)91-46-24(2)88-54(43(81)40(46)78)94-49-35(73)29(70)20-86-57(49)96-58(84)64-13-11-59(3,4)15-26(64)25-9-10-33-60(5)16-28(69)51(61(6,22-67)50(60)27(68)17-63(33,8)62(25,7)12-14-64)95-56-45(83)48(37(75)32(19-66)90-56)93-55-42(80)39(77)36(74)31(18-65)89-55/h9,23-24,26-57,65-83H,10-22H2,1-8H3. The molecule has 19 N–H and O–H groups in total. The first kappa shape index (κ1) is 75.2. The van der Waals surface area contributed by atoms with E-state index >= 15 is 4.79 Å². The van der Waals surface area contributed by atoms with Gasteiger partial charge in [-0.05, 0) is 98.7 Å². The normalized spacial score (nSPS) is 55.9. The molecule has 6 saturated heterocycles. The van der Waals surface area contributed by atoms with Crippen LogP contribution in [-0.4, -0.2) is 326 Å². The minimum Gasteiger partial charge on any atom is -0.432 e. The van der Waals surface area contributed by atoms with E-state index in [0.717, 1.165) is 5.57 Å². The van der Waals surface area contributed by atoms with Crippen molar-refractivity contribution in [2.45, 2.75) is 297 Å². The highest BCUT2D eigenvalue weighted by atomic mass is 16.8. The molecule has 552 valence electrons. The summed E-state index contributed by atoms with van der Waals surface area (Å²) in [6.07, 6.45) is -45.9. The lowest BCUT2D eigenvalue weighted by Crippen LogP contribution is -2.72. The molecule has 6 heterocycles. The van der Waals surface area contributed by atoms with Crippen LogP contribution in [0.3, 0.4) is 0 Å². The molecule has 39 unspecified atom stereocenters. The van der Waals surface area contributed by atoms with E-state index in [1.807, 2.05) is 6.92 Å². The Morgan fingerprint density at radius 2 is 1.01 bits per heavy atom. The van der Waals surface area contributed by atoms with Gasteiger partial charge < -0.3 is 154 Å². The summed E-state index contributed by atoms with van der Waals surface area (Å²) in [6.45, 7) is 11.7. The van der Waals surface area contributed by atoms with Crippen molar-refractivity contribution >= 4 is 5.97 Å². The van der Waals surface area contributed by atoms with Gasteiger partial charge in [-0.1, -0.05) is 53.2 Å². The van der Waals surface area contributed by atoms with Gasteiger partial charge in [0.15, 0.2) is 37.6 Å². The summed E-state index contributed by atoms with van der Waals surface area (Å²) in [5, 5.41) is 211. The highest BCUT2D eigenvalue weighted by molar-refractivity contribution is 5.79. The second kappa shape index (κ2) is 27.9. The van der Waals surface area contributed by atoms with Crippen LogP contribution in [0.4, 0.5) is 0 Å². The summed E-state index contributed by atoms with van der Waals surface area (Å²) in [7, 11) is 0. The number of esters is 1. The summed E-state index contributed by atoms with van der Waals surface area (Å²) in [5.74, 6) is -2.20. The Kier molecular flexibility index (Phi) is 21.8. The van der Waals surface area contributed by atoms with Crippen LogP contribution in [0.5, 0.6) is 0 Å². The van der Waals surface area contributed by atoms with Crippen LogP contribution in [0.1, 0.15) is 107 Å². The molecule has 6 aliphatic heterocycles. The lowest BCUT2D eigenvalue weighted by molar-refractivity contribution is -0.377. The molecule has 96 heavy (non-hydrogen) atoms. The maximum atomic E-state index is 15.5. The first-order chi connectivity index (χ1) is 45.0. The van der Waals surface area contributed by atoms with Crippen molar-refractivity contribution in [3.05, 3.63) is 11.6 Å². The van der Waals surface area contributed by atoms with Crippen LogP contribution in [0.15, 0.2) is 11.6 Å². The topological polar surface area (TPSA) is 512 Å². The number of carbonyl (C=O) groups excluding carboxylic acids is 1. The first-order valence-electron chi connectivity index (χ1n) is 33.7. The number of ether oxygens (including phenoxy) is 12. The number of hydrogen-bond donors (Lipinski definition) is 19. The Morgan fingerprint density at radius 3 is 1.66 bits per heavy atom. The monoisotopic (exact) mass is 1380 g/mol. The predicted molar refractivity (Wildman–Crippen MR) is 317 cm³/mol. The van der Waals surface area contributed by atoms with Crippen LogP contribution in [0, 0.1) is 50.2 Å². The zero-order chi connectivity index (χ0) is 70.2. The fourth-order valence-electron chi connectivity index (χ4n) is 19.2. The van der Waals surface area contributed by atoms with Gasteiger partial charge in [0.2, 0.25) is 6.29 Å². The van der Waals surface area contributed by atoms with Crippen LogP contribution in [-0.2, 0) is 61.6 Å². The van der Waals surface area contributed by atoms with Gasteiger partial charge in [0.25, 0.3) is 0 Å². The van der Waals surface area contributed by atoms with Crippen molar-refractivity contribution in [1.29, 1.82) is 0 Å². The van der Waals surface area contributed by atoms with E-state index in [1.54, 1.807) is 6.92 Å². The Bertz CT molecular complexity index is 2720.